The maximum Gasteiger partial charge on any atom is 0.161 e. The fraction of sp³-hybridized carbons (Fsp3) is 0.350. The van der Waals surface area contributed by atoms with Crippen LogP contribution in [0.1, 0.15) is 11.3 Å². The molecule has 6 nitrogen and oxygen atoms in total. The Balaban J connectivity index is 0.00000261. The molecule has 7 heteroatoms. The zero-order chi connectivity index (χ0) is 18.5. The average molecular weight is 390 g/mol. The molecule has 0 bridgehead atoms. The van der Waals surface area contributed by atoms with E-state index in [1.165, 1.54) is 0 Å². The van der Waals surface area contributed by atoms with Crippen LogP contribution in [0.4, 0.5) is 5.69 Å². The van der Waals surface area contributed by atoms with Crippen molar-refractivity contribution in [2.24, 2.45) is 0 Å². The van der Waals surface area contributed by atoms with Crippen LogP contribution in [0.2, 0.25) is 0 Å². The van der Waals surface area contributed by atoms with Gasteiger partial charge in [0, 0.05) is 38.3 Å². The first-order valence-corrected chi connectivity index (χ1v) is 8.51. The molecule has 0 atom stereocenters. The van der Waals surface area contributed by atoms with Gasteiger partial charge in [0.05, 0.1) is 37.8 Å². The number of halogens is 1. The van der Waals surface area contributed by atoms with Crippen molar-refractivity contribution in [3.05, 3.63) is 41.9 Å². The Labute approximate surface area is 166 Å². The van der Waals surface area contributed by atoms with Gasteiger partial charge in [0.25, 0.3) is 0 Å². The fourth-order valence-electron chi connectivity index (χ4n) is 3.05. The first-order valence-electron chi connectivity index (χ1n) is 8.51. The molecule has 0 saturated carbocycles. The summed E-state index contributed by atoms with van der Waals surface area (Å²) in [7, 11) is 5.29. The van der Waals surface area contributed by atoms with E-state index in [4.69, 9.17) is 13.9 Å². The first-order chi connectivity index (χ1) is 12.7. The second kappa shape index (κ2) is 9.36. The molecule has 2 heterocycles. The molecule has 0 aliphatic carbocycles. The van der Waals surface area contributed by atoms with Crippen molar-refractivity contribution in [3.63, 3.8) is 0 Å². The normalized spacial score (nSPS) is 15.0. The number of hydrogen-bond donors (Lipinski definition) is 0. The summed E-state index contributed by atoms with van der Waals surface area (Å²) < 4.78 is 16.3. The molecule has 3 rings (SSSR count). The molecule has 0 radical (unpaired) electrons. The van der Waals surface area contributed by atoms with Gasteiger partial charge in [0.15, 0.2) is 17.3 Å². The number of nitrogens with zero attached hydrogens (tertiary/aromatic N) is 3. The van der Waals surface area contributed by atoms with Crippen molar-refractivity contribution in [2.75, 3.05) is 52.3 Å². The quantitative estimate of drug-likeness (QED) is 0.729. The van der Waals surface area contributed by atoms with E-state index in [2.05, 4.69) is 22.9 Å². The van der Waals surface area contributed by atoms with Crippen LogP contribution in [0.25, 0.3) is 11.6 Å². The van der Waals surface area contributed by atoms with E-state index in [1.54, 1.807) is 38.7 Å². The molecule has 144 valence electrons. The number of furan rings is 1. The van der Waals surface area contributed by atoms with E-state index < -0.39 is 0 Å². The number of anilines is 1. The molecule has 1 saturated heterocycles. The topological polar surface area (TPSA) is 61.9 Å². The summed E-state index contributed by atoms with van der Waals surface area (Å²) in [4.78, 5) is 4.59. The van der Waals surface area contributed by atoms with Gasteiger partial charge in [-0.2, -0.15) is 5.26 Å². The van der Waals surface area contributed by atoms with Crippen molar-refractivity contribution in [1.29, 1.82) is 5.26 Å². The van der Waals surface area contributed by atoms with Gasteiger partial charge in [-0.05, 0) is 30.8 Å². The Morgan fingerprint density at radius 3 is 2.44 bits per heavy atom. The van der Waals surface area contributed by atoms with E-state index in [-0.39, 0.29) is 12.4 Å². The molecule has 1 aliphatic heterocycles. The monoisotopic (exact) mass is 389 g/mol. The molecular weight excluding hydrogens is 366 g/mol. The van der Waals surface area contributed by atoms with Gasteiger partial charge in [0.2, 0.25) is 0 Å². The van der Waals surface area contributed by atoms with Crippen LogP contribution < -0.4 is 14.4 Å². The van der Waals surface area contributed by atoms with Gasteiger partial charge in [0.1, 0.15) is 0 Å². The third kappa shape index (κ3) is 4.57. The molecule has 0 spiro atoms. The first kappa shape index (κ1) is 20.7. The van der Waals surface area contributed by atoms with E-state index in [9.17, 15) is 5.26 Å². The van der Waals surface area contributed by atoms with Gasteiger partial charge >= 0.3 is 0 Å². The van der Waals surface area contributed by atoms with Crippen molar-refractivity contribution in [2.45, 2.75) is 0 Å². The Morgan fingerprint density at radius 1 is 1.11 bits per heavy atom. The Kier molecular flexibility index (Phi) is 7.17. The number of allylic oxidation sites excluding steroid dienone is 1. The number of likely N-dealkylation sites (N-methyl/N-ethyl adjacent to an activating group) is 1. The SMILES string of the molecule is COc1ccc(/C(C#N)=C/c2occc2N2CCN(C)CC2)cc1OC.Cl. The minimum Gasteiger partial charge on any atom is -0.493 e. The Hall–Kier alpha value is -2.62. The summed E-state index contributed by atoms with van der Waals surface area (Å²) in [5.41, 5.74) is 2.29. The Bertz CT molecular complexity index is 833. The highest BCUT2D eigenvalue weighted by atomic mass is 35.5. The number of methoxy groups -OCH3 is 2. The predicted octanol–water partition coefficient (Wildman–Crippen LogP) is 3.53. The van der Waals surface area contributed by atoms with Crippen molar-refractivity contribution >= 4 is 29.7 Å². The number of ether oxygens (including phenoxy) is 2. The lowest BCUT2D eigenvalue weighted by Gasteiger charge is -2.33. The van der Waals surface area contributed by atoms with Crippen molar-refractivity contribution in [3.8, 4) is 17.6 Å². The summed E-state index contributed by atoms with van der Waals surface area (Å²) in [6, 6.07) is 9.65. The maximum absolute atomic E-state index is 9.65. The Morgan fingerprint density at radius 2 is 1.81 bits per heavy atom. The van der Waals surface area contributed by atoms with Crippen molar-refractivity contribution in [1.82, 2.24) is 4.90 Å². The van der Waals surface area contributed by atoms with Crippen LogP contribution in [0.3, 0.4) is 0 Å². The summed E-state index contributed by atoms with van der Waals surface area (Å²) in [6.45, 7) is 3.90. The van der Waals surface area contributed by atoms with Gasteiger partial charge in [-0.1, -0.05) is 0 Å². The lowest BCUT2D eigenvalue weighted by atomic mass is 10.0. The third-order valence-corrected chi connectivity index (χ3v) is 4.61. The standard InChI is InChI=1S/C20H23N3O3.ClH/c1-22-7-9-23(10-8-22)17-6-11-26-19(17)13-16(14-21)15-4-5-18(24-2)20(12-15)25-3;/h4-6,11-13H,7-10H2,1-3H3;1H/b16-13+;. The molecular formula is C20H24ClN3O3. The molecule has 1 aliphatic rings. The van der Waals surface area contributed by atoms with E-state index >= 15 is 0 Å². The number of nitriles is 1. The maximum atomic E-state index is 9.65. The largest absolute Gasteiger partial charge is 0.493 e. The summed E-state index contributed by atoms with van der Waals surface area (Å²) in [5.74, 6) is 1.91. The molecule has 1 fully saturated rings. The molecule has 27 heavy (non-hydrogen) atoms. The highest BCUT2D eigenvalue weighted by molar-refractivity contribution is 5.91. The third-order valence-electron chi connectivity index (χ3n) is 4.61. The minimum atomic E-state index is 0. The lowest BCUT2D eigenvalue weighted by molar-refractivity contribution is 0.312. The van der Waals surface area contributed by atoms with Crippen LogP contribution in [0.15, 0.2) is 34.9 Å². The highest BCUT2D eigenvalue weighted by Crippen LogP contribution is 2.32. The van der Waals surface area contributed by atoms with Crippen LogP contribution >= 0.6 is 12.4 Å². The van der Waals surface area contributed by atoms with Crippen LogP contribution in [0.5, 0.6) is 11.5 Å². The molecule has 1 aromatic heterocycles. The smallest absolute Gasteiger partial charge is 0.161 e. The molecule has 0 N–H and O–H groups in total. The minimum absolute atomic E-state index is 0. The van der Waals surface area contributed by atoms with Crippen LogP contribution in [-0.2, 0) is 0 Å². The van der Waals surface area contributed by atoms with Gasteiger partial charge in [-0.15, -0.1) is 12.4 Å². The zero-order valence-electron chi connectivity index (χ0n) is 15.8. The number of hydrogen-bond acceptors (Lipinski definition) is 6. The summed E-state index contributed by atoms with van der Waals surface area (Å²) in [5, 5.41) is 9.65. The van der Waals surface area contributed by atoms with E-state index in [0.29, 0.717) is 22.8 Å². The second-order valence-corrected chi connectivity index (χ2v) is 6.20. The average Bonchev–Trinajstić information content (AvgIpc) is 3.14. The fourth-order valence-corrected chi connectivity index (χ4v) is 3.05. The molecule has 1 aromatic carbocycles. The summed E-state index contributed by atoms with van der Waals surface area (Å²) in [6.07, 6.45) is 3.46. The van der Waals surface area contributed by atoms with E-state index in [0.717, 1.165) is 37.4 Å². The lowest BCUT2D eigenvalue weighted by Crippen LogP contribution is -2.44. The molecule has 0 amide bonds. The van der Waals surface area contributed by atoms with Gasteiger partial charge < -0.3 is 23.7 Å². The predicted molar refractivity (Wildman–Crippen MR) is 109 cm³/mol. The highest BCUT2D eigenvalue weighted by Gasteiger charge is 2.19. The second-order valence-electron chi connectivity index (χ2n) is 6.20. The van der Waals surface area contributed by atoms with Crippen LogP contribution in [0, 0.1) is 11.3 Å². The van der Waals surface area contributed by atoms with Gasteiger partial charge in [-0.25, -0.2) is 0 Å². The number of piperazine rings is 1. The zero-order valence-corrected chi connectivity index (χ0v) is 16.6. The number of rotatable bonds is 5. The summed E-state index contributed by atoms with van der Waals surface area (Å²) >= 11 is 0. The van der Waals surface area contributed by atoms with Gasteiger partial charge in [-0.3, -0.25) is 0 Å². The molecule has 0 unspecified atom stereocenters. The van der Waals surface area contributed by atoms with E-state index in [1.807, 2.05) is 12.1 Å². The number of benzene rings is 1. The van der Waals surface area contributed by atoms with Crippen molar-refractivity contribution < 1.29 is 13.9 Å². The molecule has 2 aromatic rings. The van der Waals surface area contributed by atoms with Crippen LogP contribution in [-0.4, -0.2) is 52.3 Å².